The Morgan fingerprint density at radius 2 is 1.81 bits per heavy atom. The van der Waals surface area contributed by atoms with E-state index in [2.05, 4.69) is 10.3 Å². The number of amides is 1. The normalized spacial score (nSPS) is 12.5. The van der Waals surface area contributed by atoms with Crippen molar-refractivity contribution in [3.63, 3.8) is 0 Å². The molecule has 0 unspecified atom stereocenters. The summed E-state index contributed by atoms with van der Waals surface area (Å²) in [5, 5.41) is 2.55. The van der Waals surface area contributed by atoms with Crippen molar-refractivity contribution in [3.05, 3.63) is 53.3 Å². The number of fused-ring (bicyclic) bond motifs is 1. The molecule has 11 heteroatoms. The lowest BCUT2D eigenvalue weighted by molar-refractivity contribution is -0.147. The van der Waals surface area contributed by atoms with Crippen LogP contribution in [0.25, 0.3) is 11.0 Å². The van der Waals surface area contributed by atoms with Gasteiger partial charge in [0, 0.05) is 19.8 Å². The molecule has 166 valence electrons. The van der Waals surface area contributed by atoms with Gasteiger partial charge >= 0.3 is 6.18 Å². The van der Waals surface area contributed by atoms with Gasteiger partial charge in [-0.2, -0.15) is 13.2 Å². The predicted octanol–water partition coefficient (Wildman–Crippen LogP) is 3.56. The van der Waals surface area contributed by atoms with Gasteiger partial charge in [0.05, 0.1) is 15.9 Å². The van der Waals surface area contributed by atoms with E-state index in [1.54, 1.807) is 26.0 Å². The average molecular weight is 454 g/mol. The summed E-state index contributed by atoms with van der Waals surface area (Å²) in [7, 11) is -1.00. The molecule has 1 N–H and O–H groups in total. The zero-order chi connectivity index (χ0) is 23.1. The number of sulfonamides is 1. The van der Waals surface area contributed by atoms with Crippen molar-refractivity contribution in [3.8, 4) is 0 Å². The minimum atomic E-state index is -4.74. The molecule has 1 amide bonds. The Hall–Kier alpha value is -2.92. The summed E-state index contributed by atoms with van der Waals surface area (Å²) >= 11 is 0. The first kappa shape index (κ1) is 22.8. The number of alkyl halides is 3. The third-order valence-electron chi connectivity index (χ3n) is 4.90. The minimum Gasteiger partial charge on any atom is -0.324 e. The van der Waals surface area contributed by atoms with Gasteiger partial charge in [0.25, 0.3) is 0 Å². The fraction of sp³-hybridized carbons (Fsp3) is 0.300. The zero-order valence-electron chi connectivity index (χ0n) is 17.3. The molecule has 0 saturated carbocycles. The quantitative estimate of drug-likeness (QED) is 0.639. The third kappa shape index (κ3) is 4.42. The summed E-state index contributed by atoms with van der Waals surface area (Å²) in [6, 6.07) is 8.77. The molecule has 1 aromatic heterocycles. The molecule has 31 heavy (non-hydrogen) atoms. The number of hydrogen-bond acceptors (Lipinski definition) is 4. The molecule has 0 radical (unpaired) electrons. The van der Waals surface area contributed by atoms with Crippen molar-refractivity contribution in [2.75, 3.05) is 19.4 Å². The van der Waals surface area contributed by atoms with E-state index in [9.17, 15) is 26.4 Å². The van der Waals surface area contributed by atoms with Gasteiger partial charge in [-0.1, -0.05) is 12.1 Å². The van der Waals surface area contributed by atoms with Crippen molar-refractivity contribution >= 4 is 32.7 Å². The van der Waals surface area contributed by atoms with Crippen LogP contribution in [0.4, 0.5) is 18.9 Å². The van der Waals surface area contributed by atoms with Crippen LogP contribution in [0.15, 0.2) is 41.3 Å². The number of rotatable bonds is 5. The first-order valence-electron chi connectivity index (χ1n) is 9.18. The molecule has 0 spiro atoms. The van der Waals surface area contributed by atoms with E-state index in [4.69, 9.17) is 0 Å². The van der Waals surface area contributed by atoms with E-state index in [1.807, 2.05) is 0 Å². The van der Waals surface area contributed by atoms with Gasteiger partial charge in [0.2, 0.25) is 21.8 Å². The fourth-order valence-corrected chi connectivity index (χ4v) is 4.12. The number of nitrogens with zero attached hydrogens (tertiary/aromatic N) is 3. The first-order valence-corrected chi connectivity index (χ1v) is 10.6. The second-order valence-corrected chi connectivity index (χ2v) is 9.41. The number of nitrogens with one attached hydrogen (secondary N) is 1. The second kappa shape index (κ2) is 7.97. The van der Waals surface area contributed by atoms with Crippen LogP contribution in [0.2, 0.25) is 0 Å². The summed E-state index contributed by atoms with van der Waals surface area (Å²) in [6.45, 7) is 2.73. The smallest absolute Gasteiger partial charge is 0.324 e. The molecule has 0 atom stereocenters. The Morgan fingerprint density at radius 3 is 2.42 bits per heavy atom. The van der Waals surface area contributed by atoms with Gasteiger partial charge in [0.1, 0.15) is 6.54 Å². The van der Waals surface area contributed by atoms with Crippen LogP contribution in [0, 0.1) is 13.8 Å². The Balaban J connectivity index is 1.98. The van der Waals surface area contributed by atoms with E-state index in [0.717, 1.165) is 8.87 Å². The number of halogens is 3. The number of anilines is 1. The molecule has 0 aliphatic heterocycles. The van der Waals surface area contributed by atoms with Crippen LogP contribution in [0.5, 0.6) is 0 Å². The summed E-state index contributed by atoms with van der Waals surface area (Å²) in [6.07, 6.45) is -4.74. The monoisotopic (exact) mass is 454 g/mol. The largest absolute Gasteiger partial charge is 0.449 e. The van der Waals surface area contributed by atoms with Crippen molar-refractivity contribution in [2.45, 2.75) is 31.5 Å². The van der Waals surface area contributed by atoms with Crippen molar-refractivity contribution in [2.24, 2.45) is 0 Å². The number of benzene rings is 2. The number of hydrogen-bond donors (Lipinski definition) is 1. The maximum atomic E-state index is 13.5. The van der Waals surface area contributed by atoms with Crippen molar-refractivity contribution < 1.29 is 26.4 Å². The lowest BCUT2D eigenvalue weighted by Crippen LogP contribution is -2.25. The lowest BCUT2D eigenvalue weighted by atomic mass is 10.1. The molecule has 3 rings (SSSR count). The average Bonchev–Trinajstić information content (AvgIpc) is 3.04. The lowest BCUT2D eigenvalue weighted by Gasteiger charge is -2.17. The number of para-hydroxylation sites is 2. The van der Waals surface area contributed by atoms with Crippen LogP contribution in [-0.2, 0) is 27.5 Å². The number of imidazole rings is 1. The Labute approximate surface area is 177 Å². The molecule has 0 bridgehead atoms. The second-order valence-electron chi connectivity index (χ2n) is 7.26. The topological polar surface area (TPSA) is 84.3 Å². The number of aryl methyl sites for hydroxylation is 1. The molecule has 2 aromatic carbocycles. The SMILES string of the molecule is Cc1cc(S(=O)(=O)N(C)C)cc(NC(=O)Cn2c(C(F)(F)F)nc3ccccc32)c1C. The Kier molecular flexibility index (Phi) is 5.85. The molecule has 0 fully saturated rings. The third-order valence-corrected chi connectivity index (χ3v) is 6.70. The maximum Gasteiger partial charge on any atom is 0.449 e. The van der Waals surface area contributed by atoms with Gasteiger partial charge in [0.15, 0.2) is 0 Å². The summed E-state index contributed by atoms with van der Waals surface area (Å²) < 4.78 is 67.1. The summed E-state index contributed by atoms with van der Waals surface area (Å²) in [5.41, 5.74) is 1.72. The van der Waals surface area contributed by atoms with Gasteiger partial charge < -0.3 is 9.88 Å². The predicted molar refractivity (Wildman–Crippen MR) is 110 cm³/mol. The first-order chi connectivity index (χ1) is 14.3. The van der Waals surface area contributed by atoms with Gasteiger partial charge in [-0.05, 0) is 49.2 Å². The fourth-order valence-electron chi connectivity index (χ4n) is 3.10. The van der Waals surface area contributed by atoms with Gasteiger partial charge in [-0.25, -0.2) is 17.7 Å². The maximum absolute atomic E-state index is 13.5. The highest BCUT2D eigenvalue weighted by molar-refractivity contribution is 7.89. The Bertz CT molecular complexity index is 1260. The minimum absolute atomic E-state index is 0.0278. The van der Waals surface area contributed by atoms with Crippen LogP contribution in [0.1, 0.15) is 17.0 Å². The standard InChI is InChI=1S/C20H21F3N4O3S/c1-12-9-14(31(29,30)26(3)4)10-16(13(12)2)24-18(28)11-27-17-8-6-5-7-15(17)25-19(27)20(21,22)23/h5-10H,11H2,1-4H3,(H,24,28). The van der Waals surface area contributed by atoms with Crippen LogP contribution in [-0.4, -0.2) is 42.3 Å². The Morgan fingerprint density at radius 1 is 1.16 bits per heavy atom. The molecule has 0 aliphatic carbocycles. The molecule has 1 heterocycles. The summed E-state index contributed by atoms with van der Waals surface area (Å²) in [5.74, 6) is -1.92. The molecule has 0 saturated heterocycles. The molecule has 7 nitrogen and oxygen atoms in total. The van der Waals surface area contributed by atoms with Gasteiger partial charge in [-0.3, -0.25) is 4.79 Å². The zero-order valence-corrected chi connectivity index (χ0v) is 18.1. The van der Waals surface area contributed by atoms with Gasteiger partial charge in [-0.15, -0.1) is 0 Å². The number of carbonyl (C=O) groups excluding carboxylic acids is 1. The molecule has 3 aromatic rings. The van der Waals surface area contributed by atoms with E-state index in [-0.39, 0.29) is 21.6 Å². The summed E-state index contributed by atoms with van der Waals surface area (Å²) in [4.78, 5) is 16.3. The van der Waals surface area contributed by atoms with Crippen LogP contribution >= 0.6 is 0 Å². The number of aromatic nitrogens is 2. The highest BCUT2D eigenvalue weighted by atomic mass is 32.2. The van der Waals surface area contributed by atoms with E-state index < -0.39 is 34.5 Å². The number of carbonyl (C=O) groups is 1. The van der Waals surface area contributed by atoms with Crippen LogP contribution in [0.3, 0.4) is 0 Å². The molecule has 0 aliphatic rings. The molecular weight excluding hydrogens is 433 g/mol. The molecular formula is C20H21F3N4O3S. The van der Waals surface area contributed by atoms with Crippen molar-refractivity contribution in [1.82, 2.24) is 13.9 Å². The van der Waals surface area contributed by atoms with E-state index >= 15 is 0 Å². The van der Waals surface area contributed by atoms with Crippen molar-refractivity contribution in [1.29, 1.82) is 0 Å². The van der Waals surface area contributed by atoms with E-state index in [1.165, 1.54) is 38.4 Å². The van der Waals surface area contributed by atoms with E-state index in [0.29, 0.717) is 11.1 Å². The van der Waals surface area contributed by atoms with Crippen LogP contribution < -0.4 is 5.32 Å². The highest BCUT2D eigenvalue weighted by Crippen LogP contribution is 2.32. The highest BCUT2D eigenvalue weighted by Gasteiger charge is 2.38.